The van der Waals surface area contributed by atoms with Crippen LogP contribution in [0, 0.1) is 5.92 Å². The smallest absolute Gasteiger partial charge is 0.145 e. The summed E-state index contributed by atoms with van der Waals surface area (Å²) in [4.78, 5) is 11.6. The Kier molecular flexibility index (Phi) is 12.0. The van der Waals surface area contributed by atoms with Crippen LogP contribution in [0.3, 0.4) is 0 Å². The molecule has 0 heterocycles. The summed E-state index contributed by atoms with van der Waals surface area (Å²) in [5.74, 6) is 2.69. The van der Waals surface area contributed by atoms with Gasteiger partial charge in [0.1, 0.15) is 5.78 Å². The summed E-state index contributed by atoms with van der Waals surface area (Å²) >= 11 is 1.96. The topological polar surface area (TPSA) is 17.1 Å². The maximum atomic E-state index is 11.6. The lowest BCUT2D eigenvalue weighted by Gasteiger charge is -2.25. The average Bonchev–Trinajstić information content (AvgIpc) is 2.29. The number of rotatable bonds is 3. The van der Waals surface area contributed by atoms with Crippen molar-refractivity contribution in [1.82, 2.24) is 0 Å². The summed E-state index contributed by atoms with van der Waals surface area (Å²) in [6.07, 6.45) is 11.5. The van der Waals surface area contributed by atoms with E-state index in [1.54, 1.807) is 0 Å². The summed E-state index contributed by atoms with van der Waals surface area (Å²) in [6.45, 7) is 0. The molecule has 0 aliphatic heterocycles. The zero-order valence-electron chi connectivity index (χ0n) is 10.8. The number of carbonyl (C=O) groups is 1. The van der Waals surface area contributed by atoms with Crippen LogP contribution >= 0.6 is 11.8 Å². The second kappa shape index (κ2) is 10.7. The molecule has 2 rings (SSSR count). The van der Waals surface area contributed by atoms with Crippen molar-refractivity contribution in [3.63, 3.8) is 0 Å². The third-order valence-electron chi connectivity index (χ3n) is 3.76. The highest BCUT2D eigenvalue weighted by Crippen LogP contribution is 2.31. The lowest BCUT2D eigenvalue weighted by molar-refractivity contribution is -0.119. The summed E-state index contributed by atoms with van der Waals surface area (Å²) in [5, 5.41) is 0.362. The van der Waals surface area contributed by atoms with E-state index in [0.717, 1.165) is 25.2 Å². The van der Waals surface area contributed by atoms with Crippen molar-refractivity contribution < 1.29 is 18.9 Å². The van der Waals surface area contributed by atoms with E-state index in [2.05, 4.69) is 0 Å². The highest BCUT2D eigenvalue weighted by Gasteiger charge is 2.24. The first-order valence-corrected chi connectivity index (χ1v) is 7.55. The van der Waals surface area contributed by atoms with Crippen molar-refractivity contribution in [2.24, 2.45) is 5.92 Å². The fraction of sp³-hybridized carbons (Fsp3) is 0.923. The van der Waals surface area contributed by atoms with E-state index in [1.807, 2.05) is 11.8 Å². The van der Waals surface area contributed by atoms with Crippen LogP contribution in [0.4, 0.5) is 14.1 Å². The molecule has 1 atom stereocenters. The van der Waals surface area contributed by atoms with Gasteiger partial charge in [0.15, 0.2) is 0 Å². The Morgan fingerprint density at radius 3 is 2.11 bits per heavy atom. The van der Waals surface area contributed by atoms with Gasteiger partial charge in [-0.2, -0.15) is 11.8 Å². The molecule has 0 saturated heterocycles. The van der Waals surface area contributed by atoms with Gasteiger partial charge in [-0.3, -0.25) is 18.9 Å². The standard InChI is InChI=1S/C13H22OS.3FH/c14-12-8-4-5-9-13(12)15-10-11-6-2-1-3-7-11;;;/h11,13H,1-10H2;3*1H. The monoisotopic (exact) mass is 286 g/mol. The molecule has 5 heteroatoms. The molecule has 2 aliphatic rings. The van der Waals surface area contributed by atoms with Crippen LogP contribution in [0.25, 0.3) is 0 Å². The van der Waals surface area contributed by atoms with Crippen molar-refractivity contribution in [2.75, 3.05) is 5.75 Å². The first-order chi connectivity index (χ1) is 7.36. The van der Waals surface area contributed by atoms with E-state index < -0.39 is 0 Å². The van der Waals surface area contributed by atoms with Gasteiger partial charge in [0.2, 0.25) is 0 Å². The minimum Gasteiger partial charge on any atom is -0.298 e. The molecular formula is C13H25F3OS. The fourth-order valence-electron chi connectivity index (χ4n) is 2.73. The molecule has 0 aromatic heterocycles. The Morgan fingerprint density at radius 1 is 0.889 bits per heavy atom. The number of hydrogen-bond acceptors (Lipinski definition) is 2. The highest BCUT2D eigenvalue weighted by molar-refractivity contribution is 8.00. The van der Waals surface area contributed by atoms with E-state index in [-0.39, 0.29) is 14.1 Å². The molecule has 2 saturated carbocycles. The fourth-order valence-corrected chi connectivity index (χ4v) is 4.21. The predicted molar refractivity (Wildman–Crippen MR) is 73.8 cm³/mol. The second-order valence-corrected chi connectivity index (χ2v) is 6.27. The Morgan fingerprint density at radius 2 is 1.50 bits per heavy atom. The number of halogens is 3. The van der Waals surface area contributed by atoms with Gasteiger partial charge in [0.25, 0.3) is 0 Å². The van der Waals surface area contributed by atoms with Gasteiger partial charge < -0.3 is 0 Å². The van der Waals surface area contributed by atoms with Crippen LogP contribution in [0.2, 0.25) is 0 Å². The van der Waals surface area contributed by atoms with Crippen LogP contribution in [0.1, 0.15) is 57.8 Å². The quantitative estimate of drug-likeness (QED) is 0.770. The van der Waals surface area contributed by atoms with Crippen LogP contribution in [-0.2, 0) is 4.79 Å². The minimum atomic E-state index is 0. The largest absolute Gasteiger partial charge is 0.298 e. The average molecular weight is 286 g/mol. The molecule has 110 valence electrons. The van der Waals surface area contributed by atoms with Crippen molar-refractivity contribution in [3.05, 3.63) is 0 Å². The van der Waals surface area contributed by atoms with Crippen molar-refractivity contribution in [1.29, 1.82) is 0 Å². The maximum absolute atomic E-state index is 11.6. The second-order valence-electron chi connectivity index (χ2n) is 5.04. The van der Waals surface area contributed by atoms with Gasteiger partial charge in [0, 0.05) is 6.42 Å². The van der Waals surface area contributed by atoms with Crippen molar-refractivity contribution >= 4 is 17.5 Å². The molecule has 2 fully saturated rings. The van der Waals surface area contributed by atoms with Crippen LogP contribution < -0.4 is 0 Å². The Balaban J connectivity index is 0. The van der Waals surface area contributed by atoms with Crippen LogP contribution in [0.5, 0.6) is 0 Å². The van der Waals surface area contributed by atoms with E-state index in [1.165, 1.54) is 44.3 Å². The number of hydrogen-bond donors (Lipinski definition) is 0. The maximum Gasteiger partial charge on any atom is 0.145 e. The molecule has 0 spiro atoms. The number of ketones is 1. The molecular weight excluding hydrogens is 261 g/mol. The van der Waals surface area contributed by atoms with Gasteiger partial charge in [-0.05, 0) is 37.4 Å². The normalized spacial score (nSPS) is 24.4. The van der Waals surface area contributed by atoms with Crippen molar-refractivity contribution in [2.45, 2.75) is 63.0 Å². The summed E-state index contributed by atoms with van der Waals surface area (Å²) < 4.78 is 0. The Bertz CT molecular complexity index is 220. The highest BCUT2D eigenvalue weighted by atomic mass is 32.2. The molecule has 0 radical (unpaired) electrons. The molecule has 0 amide bonds. The Labute approximate surface area is 112 Å². The zero-order chi connectivity index (χ0) is 10.5. The molecule has 1 unspecified atom stereocenters. The zero-order valence-corrected chi connectivity index (χ0v) is 11.6. The molecule has 0 N–H and O–H groups in total. The van der Waals surface area contributed by atoms with Gasteiger partial charge >= 0.3 is 0 Å². The SMILES string of the molecule is F.F.F.O=C1CCCCC1SCC1CCCCC1. The first kappa shape index (κ1) is 20.1. The first-order valence-electron chi connectivity index (χ1n) is 6.50. The van der Waals surface area contributed by atoms with E-state index in [0.29, 0.717) is 11.0 Å². The molecule has 1 nitrogen and oxygen atoms in total. The third kappa shape index (κ3) is 6.12. The van der Waals surface area contributed by atoms with Gasteiger partial charge in [0.05, 0.1) is 5.25 Å². The van der Waals surface area contributed by atoms with E-state index in [4.69, 9.17) is 0 Å². The number of carbonyl (C=O) groups excluding carboxylic acids is 1. The summed E-state index contributed by atoms with van der Waals surface area (Å²) in [5.41, 5.74) is 0. The van der Waals surface area contributed by atoms with Crippen LogP contribution in [-0.4, -0.2) is 16.8 Å². The molecule has 0 aromatic rings. The lowest BCUT2D eigenvalue weighted by atomic mass is 9.91. The molecule has 0 bridgehead atoms. The number of thioether (sulfide) groups is 1. The Hall–Kier alpha value is -0.190. The van der Waals surface area contributed by atoms with Crippen molar-refractivity contribution in [3.8, 4) is 0 Å². The summed E-state index contributed by atoms with van der Waals surface area (Å²) in [6, 6.07) is 0. The molecule has 2 aliphatic carbocycles. The predicted octanol–water partition coefficient (Wildman–Crippen LogP) is 4.27. The third-order valence-corrected chi connectivity index (χ3v) is 5.32. The van der Waals surface area contributed by atoms with Gasteiger partial charge in [-0.15, -0.1) is 0 Å². The molecule has 0 aromatic carbocycles. The molecule has 18 heavy (non-hydrogen) atoms. The minimum absolute atomic E-state index is 0. The van der Waals surface area contributed by atoms with E-state index in [9.17, 15) is 4.79 Å². The van der Waals surface area contributed by atoms with Crippen LogP contribution in [0.15, 0.2) is 0 Å². The lowest BCUT2D eigenvalue weighted by Crippen LogP contribution is -2.23. The van der Waals surface area contributed by atoms with Gasteiger partial charge in [-0.25, -0.2) is 0 Å². The number of Topliss-reactive ketones (excluding diaryl/α,β-unsaturated/α-hetero) is 1. The van der Waals surface area contributed by atoms with E-state index >= 15 is 0 Å². The van der Waals surface area contributed by atoms with Gasteiger partial charge in [-0.1, -0.05) is 25.7 Å². The summed E-state index contributed by atoms with van der Waals surface area (Å²) in [7, 11) is 0.